The molecule has 2 heteroatoms. The maximum absolute atomic E-state index is 5.61. The first-order valence-corrected chi connectivity index (χ1v) is 4.99. The fourth-order valence-electron chi connectivity index (χ4n) is 1.21. The molecule has 1 unspecified atom stereocenters. The summed E-state index contributed by atoms with van der Waals surface area (Å²) in [7, 11) is 0. The molecule has 0 aliphatic rings. The van der Waals surface area contributed by atoms with E-state index in [4.69, 9.17) is 4.42 Å². The van der Waals surface area contributed by atoms with E-state index in [1.165, 1.54) is 0 Å². The zero-order valence-corrected chi connectivity index (χ0v) is 9.05. The smallest absolute Gasteiger partial charge is 0.120 e. The maximum atomic E-state index is 5.61. The lowest BCUT2D eigenvalue weighted by Gasteiger charge is -2.07. The van der Waals surface area contributed by atoms with E-state index in [1.54, 1.807) is 0 Å². The van der Waals surface area contributed by atoms with Crippen molar-refractivity contribution >= 4 is 0 Å². The zero-order valence-electron chi connectivity index (χ0n) is 9.05. The summed E-state index contributed by atoms with van der Waals surface area (Å²) in [6, 6.07) is 4.28. The van der Waals surface area contributed by atoms with Crippen molar-refractivity contribution < 1.29 is 4.42 Å². The summed E-state index contributed by atoms with van der Waals surface area (Å²) in [5.41, 5.74) is 0. The lowest BCUT2D eigenvalue weighted by molar-refractivity contribution is 0.418. The summed E-state index contributed by atoms with van der Waals surface area (Å²) >= 11 is 0. The van der Waals surface area contributed by atoms with Gasteiger partial charge in [0.2, 0.25) is 0 Å². The SMILES string of the molecule is CC#CCNC(C)c1ccc(CC)o1. The van der Waals surface area contributed by atoms with Gasteiger partial charge >= 0.3 is 0 Å². The van der Waals surface area contributed by atoms with Crippen molar-refractivity contribution in [1.29, 1.82) is 0 Å². The summed E-state index contributed by atoms with van der Waals surface area (Å²) in [5.74, 6) is 7.84. The van der Waals surface area contributed by atoms with Crippen LogP contribution in [-0.4, -0.2) is 6.54 Å². The number of rotatable bonds is 4. The average molecular weight is 191 g/mol. The third kappa shape index (κ3) is 2.93. The van der Waals surface area contributed by atoms with Crippen molar-refractivity contribution in [2.24, 2.45) is 0 Å². The van der Waals surface area contributed by atoms with E-state index in [1.807, 2.05) is 19.1 Å². The topological polar surface area (TPSA) is 25.2 Å². The van der Waals surface area contributed by atoms with Gasteiger partial charge in [-0.25, -0.2) is 0 Å². The second-order valence-corrected chi connectivity index (χ2v) is 3.19. The second-order valence-electron chi connectivity index (χ2n) is 3.19. The molecule has 0 radical (unpaired) electrons. The van der Waals surface area contributed by atoms with Gasteiger partial charge in [0.25, 0.3) is 0 Å². The molecule has 1 N–H and O–H groups in total. The minimum atomic E-state index is 0.233. The Labute approximate surface area is 85.7 Å². The van der Waals surface area contributed by atoms with Crippen molar-refractivity contribution in [3.05, 3.63) is 23.7 Å². The molecular formula is C12H17NO. The van der Waals surface area contributed by atoms with Gasteiger partial charge in [-0.15, -0.1) is 5.92 Å². The highest BCUT2D eigenvalue weighted by atomic mass is 16.3. The van der Waals surface area contributed by atoms with Gasteiger partial charge in [0.1, 0.15) is 11.5 Å². The first-order chi connectivity index (χ1) is 6.77. The average Bonchev–Trinajstić information content (AvgIpc) is 2.66. The third-order valence-corrected chi connectivity index (χ3v) is 2.13. The zero-order chi connectivity index (χ0) is 10.4. The Morgan fingerprint density at radius 1 is 1.50 bits per heavy atom. The van der Waals surface area contributed by atoms with Crippen molar-refractivity contribution in [2.75, 3.05) is 6.54 Å². The van der Waals surface area contributed by atoms with E-state index in [9.17, 15) is 0 Å². The Bertz CT molecular complexity index is 330. The van der Waals surface area contributed by atoms with Crippen molar-refractivity contribution in [3.8, 4) is 11.8 Å². The van der Waals surface area contributed by atoms with Gasteiger partial charge in [0, 0.05) is 6.42 Å². The largest absolute Gasteiger partial charge is 0.464 e. The van der Waals surface area contributed by atoms with Crippen LogP contribution >= 0.6 is 0 Å². The lowest BCUT2D eigenvalue weighted by atomic mass is 10.2. The molecule has 1 aromatic rings. The molecular weight excluding hydrogens is 174 g/mol. The quantitative estimate of drug-likeness (QED) is 0.740. The standard InChI is InChI=1S/C12H17NO/c1-4-6-9-13-10(3)12-8-7-11(5-2)14-12/h7-8,10,13H,5,9H2,1-3H3. The van der Waals surface area contributed by atoms with Crippen molar-refractivity contribution in [3.63, 3.8) is 0 Å². The highest BCUT2D eigenvalue weighted by molar-refractivity contribution is 5.10. The normalized spacial score (nSPS) is 11.9. The number of furan rings is 1. The Morgan fingerprint density at radius 2 is 2.29 bits per heavy atom. The predicted octanol–water partition coefficient (Wildman–Crippen LogP) is 2.52. The van der Waals surface area contributed by atoms with Crippen LogP contribution in [0.2, 0.25) is 0 Å². The van der Waals surface area contributed by atoms with Crippen molar-refractivity contribution in [2.45, 2.75) is 33.2 Å². The molecule has 0 fully saturated rings. The van der Waals surface area contributed by atoms with Gasteiger partial charge < -0.3 is 4.42 Å². The number of aryl methyl sites for hydroxylation is 1. The van der Waals surface area contributed by atoms with Crippen LogP contribution in [0.5, 0.6) is 0 Å². The predicted molar refractivity (Wildman–Crippen MR) is 58.0 cm³/mol. The van der Waals surface area contributed by atoms with E-state index in [0.717, 1.165) is 17.9 Å². The van der Waals surface area contributed by atoms with Gasteiger partial charge in [0.05, 0.1) is 12.6 Å². The monoisotopic (exact) mass is 191 g/mol. The molecule has 1 heterocycles. The van der Waals surface area contributed by atoms with Crippen LogP contribution in [0.1, 0.15) is 38.3 Å². The van der Waals surface area contributed by atoms with E-state index in [0.29, 0.717) is 6.54 Å². The highest BCUT2D eigenvalue weighted by Gasteiger charge is 2.07. The van der Waals surface area contributed by atoms with E-state index >= 15 is 0 Å². The molecule has 2 nitrogen and oxygen atoms in total. The molecule has 0 aliphatic carbocycles. The molecule has 0 saturated heterocycles. The summed E-state index contributed by atoms with van der Waals surface area (Å²) in [6.07, 6.45) is 0.946. The molecule has 0 saturated carbocycles. The molecule has 1 rings (SSSR count). The molecule has 0 aromatic carbocycles. The molecule has 14 heavy (non-hydrogen) atoms. The first kappa shape index (κ1) is 10.9. The molecule has 1 atom stereocenters. The summed E-state index contributed by atoms with van der Waals surface area (Å²) < 4.78 is 5.61. The van der Waals surface area contributed by atoms with E-state index in [-0.39, 0.29) is 6.04 Å². The van der Waals surface area contributed by atoms with Crippen molar-refractivity contribution in [1.82, 2.24) is 5.32 Å². The van der Waals surface area contributed by atoms with Crippen LogP contribution in [0.25, 0.3) is 0 Å². The minimum absolute atomic E-state index is 0.233. The summed E-state index contributed by atoms with van der Waals surface area (Å²) in [4.78, 5) is 0. The van der Waals surface area contributed by atoms with Gasteiger partial charge in [-0.3, -0.25) is 5.32 Å². The Morgan fingerprint density at radius 3 is 2.86 bits per heavy atom. The first-order valence-electron chi connectivity index (χ1n) is 4.99. The Balaban J connectivity index is 2.49. The summed E-state index contributed by atoms with van der Waals surface area (Å²) in [6.45, 7) is 6.72. The maximum Gasteiger partial charge on any atom is 0.120 e. The van der Waals surface area contributed by atoms with Gasteiger partial charge in [0.15, 0.2) is 0 Å². The molecule has 0 amide bonds. The third-order valence-electron chi connectivity index (χ3n) is 2.13. The fraction of sp³-hybridized carbons (Fsp3) is 0.500. The van der Waals surface area contributed by atoms with Crippen LogP contribution < -0.4 is 5.32 Å². The molecule has 0 aliphatic heterocycles. The van der Waals surface area contributed by atoms with Gasteiger partial charge in [-0.2, -0.15) is 0 Å². The van der Waals surface area contributed by atoms with E-state index in [2.05, 4.69) is 31.0 Å². The highest BCUT2D eigenvalue weighted by Crippen LogP contribution is 2.15. The molecule has 76 valence electrons. The van der Waals surface area contributed by atoms with Gasteiger partial charge in [-0.1, -0.05) is 12.8 Å². The minimum Gasteiger partial charge on any atom is -0.464 e. The molecule has 1 aromatic heterocycles. The number of hydrogen-bond donors (Lipinski definition) is 1. The number of nitrogens with one attached hydrogen (secondary N) is 1. The van der Waals surface area contributed by atoms with Gasteiger partial charge in [-0.05, 0) is 26.0 Å². The van der Waals surface area contributed by atoms with Crippen LogP contribution in [-0.2, 0) is 6.42 Å². The molecule has 0 spiro atoms. The fourth-order valence-corrected chi connectivity index (χ4v) is 1.21. The Kier molecular flexibility index (Phi) is 4.28. The van der Waals surface area contributed by atoms with Crippen LogP contribution in [0, 0.1) is 11.8 Å². The lowest BCUT2D eigenvalue weighted by Crippen LogP contribution is -2.18. The van der Waals surface area contributed by atoms with E-state index < -0.39 is 0 Å². The van der Waals surface area contributed by atoms with Crippen LogP contribution in [0.15, 0.2) is 16.5 Å². The number of hydrogen-bond acceptors (Lipinski definition) is 2. The Hall–Kier alpha value is -1.20. The molecule has 0 bridgehead atoms. The van der Waals surface area contributed by atoms with Crippen LogP contribution in [0.3, 0.4) is 0 Å². The summed E-state index contributed by atoms with van der Waals surface area (Å²) in [5, 5.41) is 3.27. The second kappa shape index (κ2) is 5.51. The van der Waals surface area contributed by atoms with Crippen LogP contribution in [0.4, 0.5) is 0 Å².